The van der Waals surface area contributed by atoms with E-state index >= 15 is 0 Å². The number of nitrogen functional groups attached to an aromatic ring is 1. The number of anilines is 2. The highest BCUT2D eigenvalue weighted by molar-refractivity contribution is 5.55. The molecule has 3 rings (SSSR count). The molecule has 5 nitrogen and oxygen atoms in total. The van der Waals surface area contributed by atoms with Crippen LogP contribution in [0, 0.1) is 11.3 Å². The van der Waals surface area contributed by atoms with E-state index in [1.54, 1.807) is 12.3 Å². The van der Waals surface area contributed by atoms with Gasteiger partial charge in [0.15, 0.2) is 5.82 Å². The van der Waals surface area contributed by atoms with E-state index < -0.39 is 0 Å². The molecule has 1 saturated carbocycles. The first-order valence-electron chi connectivity index (χ1n) is 6.61. The van der Waals surface area contributed by atoms with Crippen molar-refractivity contribution in [3.05, 3.63) is 47.7 Å². The van der Waals surface area contributed by atoms with Gasteiger partial charge >= 0.3 is 0 Å². The average Bonchev–Trinajstić information content (AvgIpc) is 3.29. The van der Waals surface area contributed by atoms with Gasteiger partial charge < -0.3 is 10.6 Å². The minimum atomic E-state index is 0.445. The van der Waals surface area contributed by atoms with Crippen LogP contribution in [-0.2, 0) is 6.54 Å². The van der Waals surface area contributed by atoms with E-state index in [1.165, 1.54) is 0 Å². The molecule has 1 aliphatic rings. The third-order valence-electron chi connectivity index (χ3n) is 3.39. The molecule has 0 saturated heterocycles. The van der Waals surface area contributed by atoms with E-state index in [0.717, 1.165) is 24.1 Å². The Morgan fingerprint density at radius 2 is 2.20 bits per heavy atom. The molecule has 0 bridgehead atoms. The van der Waals surface area contributed by atoms with Crippen LogP contribution < -0.4 is 10.6 Å². The number of nitriles is 1. The van der Waals surface area contributed by atoms with Gasteiger partial charge in [-0.2, -0.15) is 10.4 Å². The summed E-state index contributed by atoms with van der Waals surface area (Å²) >= 11 is 0. The SMILES string of the molecule is N#Cc1ccnnc1N(Cc1cccc(N)c1)C1CC1. The van der Waals surface area contributed by atoms with E-state index in [4.69, 9.17) is 5.73 Å². The summed E-state index contributed by atoms with van der Waals surface area (Å²) in [5, 5.41) is 17.3. The van der Waals surface area contributed by atoms with Crippen LogP contribution in [0.25, 0.3) is 0 Å². The van der Waals surface area contributed by atoms with Crippen LogP contribution in [0.5, 0.6) is 0 Å². The first-order valence-corrected chi connectivity index (χ1v) is 6.61. The van der Waals surface area contributed by atoms with Crippen molar-refractivity contribution < 1.29 is 0 Å². The zero-order valence-corrected chi connectivity index (χ0v) is 11.0. The largest absolute Gasteiger partial charge is 0.399 e. The Labute approximate surface area is 117 Å². The van der Waals surface area contributed by atoms with Gasteiger partial charge in [0.25, 0.3) is 0 Å². The average molecular weight is 265 g/mol. The topological polar surface area (TPSA) is 78.8 Å². The molecule has 1 aromatic heterocycles. The number of hydrogen-bond donors (Lipinski definition) is 1. The lowest BCUT2D eigenvalue weighted by atomic mass is 10.1. The van der Waals surface area contributed by atoms with E-state index in [0.29, 0.717) is 24.0 Å². The molecular weight excluding hydrogens is 250 g/mol. The molecule has 0 amide bonds. The van der Waals surface area contributed by atoms with Crippen LogP contribution in [0.2, 0.25) is 0 Å². The van der Waals surface area contributed by atoms with Crippen molar-refractivity contribution in [2.75, 3.05) is 10.6 Å². The highest BCUT2D eigenvalue weighted by atomic mass is 15.3. The van der Waals surface area contributed by atoms with Crippen molar-refractivity contribution in [3.8, 4) is 6.07 Å². The lowest BCUT2D eigenvalue weighted by Crippen LogP contribution is -2.27. The molecular formula is C15H15N5. The molecule has 1 aromatic carbocycles. The maximum absolute atomic E-state index is 9.22. The zero-order valence-electron chi connectivity index (χ0n) is 11.0. The van der Waals surface area contributed by atoms with Crippen molar-refractivity contribution in [2.45, 2.75) is 25.4 Å². The molecule has 1 heterocycles. The highest BCUT2D eigenvalue weighted by Gasteiger charge is 2.31. The lowest BCUT2D eigenvalue weighted by molar-refractivity contribution is 0.762. The van der Waals surface area contributed by atoms with Gasteiger partial charge in [-0.1, -0.05) is 12.1 Å². The summed E-state index contributed by atoms with van der Waals surface area (Å²) in [5.41, 5.74) is 8.25. The Hall–Kier alpha value is -2.61. The second-order valence-corrected chi connectivity index (χ2v) is 4.98. The van der Waals surface area contributed by atoms with E-state index in [2.05, 4.69) is 21.2 Å². The van der Waals surface area contributed by atoms with Crippen molar-refractivity contribution in [3.63, 3.8) is 0 Å². The normalized spacial score (nSPS) is 13.8. The second-order valence-electron chi connectivity index (χ2n) is 4.98. The lowest BCUT2D eigenvalue weighted by Gasteiger charge is -2.23. The molecule has 0 spiro atoms. The third-order valence-corrected chi connectivity index (χ3v) is 3.39. The van der Waals surface area contributed by atoms with Crippen LogP contribution >= 0.6 is 0 Å². The Morgan fingerprint density at radius 3 is 2.90 bits per heavy atom. The summed E-state index contributed by atoms with van der Waals surface area (Å²) in [7, 11) is 0. The smallest absolute Gasteiger partial charge is 0.169 e. The molecule has 1 fully saturated rings. The number of nitrogens with two attached hydrogens (primary N) is 1. The Morgan fingerprint density at radius 1 is 1.35 bits per heavy atom. The number of aromatic nitrogens is 2. The van der Waals surface area contributed by atoms with Crippen LogP contribution in [0.15, 0.2) is 36.5 Å². The standard InChI is InChI=1S/C15H15N5/c16-9-12-6-7-18-19-15(12)20(14-4-5-14)10-11-2-1-3-13(17)8-11/h1-3,6-8,14H,4-5,10,17H2. The molecule has 5 heteroatoms. The predicted molar refractivity (Wildman–Crippen MR) is 76.8 cm³/mol. The first kappa shape index (κ1) is 12.4. The van der Waals surface area contributed by atoms with Gasteiger partial charge in [0, 0.05) is 18.3 Å². The summed E-state index contributed by atoms with van der Waals surface area (Å²) < 4.78 is 0. The summed E-state index contributed by atoms with van der Waals surface area (Å²) in [5.74, 6) is 0.667. The number of benzene rings is 1. The fourth-order valence-corrected chi connectivity index (χ4v) is 2.28. The van der Waals surface area contributed by atoms with Crippen molar-refractivity contribution in [2.24, 2.45) is 0 Å². The molecule has 0 radical (unpaired) electrons. The minimum absolute atomic E-state index is 0.445. The monoisotopic (exact) mass is 265 g/mol. The summed E-state index contributed by atoms with van der Waals surface area (Å²) in [6.45, 7) is 0.697. The molecule has 1 aliphatic carbocycles. The van der Waals surface area contributed by atoms with Crippen LogP contribution in [0.3, 0.4) is 0 Å². The van der Waals surface area contributed by atoms with Gasteiger partial charge in [-0.3, -0.25) is 0 Å². The van der Waals surface area contributed by atoms with E-state index in [-0.39, 0.29) is 0 Å². The number of rotatable bonds is 4. The summed E-state index contributed by atoms with van der Waals surface area (Å²) in [6.07, 6.45) is 3.81. The molecule has 20 heavy (non-hydrogen) atoms. The van der Waals surface area contributed by atoms with E-state index in [9.17, 15) is 5.26 Å². The quantitative estimate of drug-likeness (QED) is 0.856. The van der Waals surface area contributed by atoms with Gasteiger partial charge in [0.2, 0.25) is 0 Å². The fourth-order valence-electron chi connectivity index (χ4n) is 2.28. The predicted octanol–water partition coefficient (Wildman–Crippen LogP) is 2.10. The Bertz CT molecular complexity index is 657. The maximum atomic E-state index is 9.22. The summed E-state index contributed by atoms with van der Waals surface area (Å²) in [6, 6.07) is 12.1. The van der Waals surface area contributed by atoms with Crippen molar-refractivity contribution >= 4 is 11.5 Å². The molecule has 2 N–H and O–H groups in total. The fraction of sp³-hybridized carbons (Fsp3) is 0.267. The third kappa shape index (κ3) is 2.54. The first-order chi connectivity index (χ1) is 9.78. The number of nitrogens with zero attached hydrogens (tertiary/aromatic N) is 4. The minimum Gasteiger partial charge on any atom is -0.399 e. The van der Waals surface area contributed by atoms with Gasteiger partial charge in [-0.05, 0) is 36.6 Å². The zero-order chi connectivity index (χ0) is 13.9. The van der Waals surface area contributed by atoms with E-state index in [1.807, 2.05) is 24.3 Å². The molecule has 0 unspecified atom stereocenters. The molecule has 2 aromatic rings. The van der Waals surface area contributed by atoms with Gasteiger partial charge in [-0.25, -0.2) is 0 Å². The van der Waals surface area contributed by atoms with Crippen LogP contribution in [0.4, 0.5) is 11.5 Å². The van der Waals surface area contributed by atoms with Gasteiger partial charge in [0.05, 0.1) is 11.8 Å². The van der Waals surface area contributed by atoms with Gasteiger partial charge in [0.1, 0.15) is 6.07 Å². The highest BCUT2D eigenvalue weighted by Crippen LogP contribution is 2.33. The second kappa shape index (κ2) is 5.17. The maximum Gasteiger partial charge on any atom is 0.169 e. The molecule has 0 aliphatic heterocycles. The molecule has 0 atom stereocenters. The number of hydrogen-bond acceptors (Lipinski definition) is 5. The van der Waals surface area contributed by atoms with Crippen LogP contribution in [0.1, 0.15) is 24.0 Å². The van der Waals surface area contributed by atoms with Crippen LogP contribution in [-0.4, -0.2) is 16.2 Å². The van der Waals surface area contributed by atoms with Crippen molar-refractivity contribution in [1.82, 2.24) is 10.2 Å². The Balaban J connectivity index is 1.92. The molecule has 100 valence electrons. The Kier molecular flexibility index (Phi) is 3.21. The summed E-state index contributed by atoms with van der Waals surface area (Å²) in [4.78, 5) is 2.15. The van der Waals surface area contributed by atoms with Gasteiger partial charge in [-0.15, -0.1) is 5.10 Å². The van der Waals surface area contributed by atoms with Crippen molar-refractivity contribution in [1.29, 1.82) is 5.26 Å².